The molecule has 0 fully saturated rings. The lowest BCUT2D eigenvalue weighted by molar-refractivity contribution is -0.113. The lowest BCUT2D eigenvalue weighted by Crippen LogP contribution is -2.34. The van der Waals surface area contributed by atoms with E-state index < -0.39 is 5.56 Å². The number of carbonyl (C=O) groups excluding carboxylic acids is 1. The molecule has 0 bridgehead atoms. The van der Waals surface area contributed by atoms with Crippen molar-refractivity contribution in [3.05, 3.63) is 138 Å². The van der Waals surface area contributed by atoms with Gasteiger partial charge < -0.3 is 17.0 Å². The van der Waals surface area contributed by atoms with E-state index in [1.807, 2.05) is 60.7 Å². The number of nitrogen functional groups attached to an aromatic ring is 2. The van der Waals surface area contributed by atoms with Crippen LogP contribution in [0.15, 0.2) is 99.7 Å². The first-order valence-electron chi connectivity index (χ1n) is 12.7. The Hall–Kier alpha value is -4.79. The number of aromatic amines is 1. The Balaban J connectivity index is 0.000000225. The number of nitrogens with zero attached hydrogens (tertiary/aromatic N) is 5. The molecular weight excluding hydrogens is 610 g/mol. The van der Waals surface area contributed by atoms with Gasteiger partial charge in [-0.05, 0) is 35.5 Å². The summed E-state index contributed by atoms with van der Waals surface area (Å²) in [6.07, 6.45) is 0.769. The van der Waals surface area contributed by atoms with Crippen molar-refractivity contribution in [1.82, 2.24) is 29.7 Å². The van der Waals surface area contributed by atoms with Crippen LogP contribution in [0.4, 0.5) is 5.69 Å². The molecule has 0 spiro atoms. The molecule has 3 aromatic carbocycles. The predicted octanol–water partition coefficient (Wildman–Crippen LogP) is 2.93. The number of benzene rings is 3. The van der Waals surface area contributed by atoms with Gasteiger partial charge in [0.2, 0.25) is 15.8 Å². The summed E-state index contributed by atoms with van der Waals surface area (Å²) in [5.74, 6) is 11.0. The number of nitrogens with two attached hydrogens (primary N) is 2. The molecule has 12 nitrogen and oxygen atoms in total. The smallest absolute Gasteiger partial charge is 0.295 e. The van der Waals surface area contributed by atoms with Crippen LogP contribution in [0.3, 0.4) is 0 Å². The lowest BCUT2D eigenvalue weighted by Gasteiger charge is -2.09. The number of amides is 1. The van der Waals surface area contributed by atoms with Crippen LogP contribution < -0.4 is 28.1 Å². The number of anilines is 1. The monoisotopic (exact) mass is 635 g/mol. The first-order chi connectivity index (χ1) is 20.7. The molecule has 0 aliphatic carbocycles. The highest BCUT2D eigenvalue weighted by Crippen LogP contribution is 2.21. The number of thioether (sulfide) groups is 1. The maximum Gasteiger partial charge on any atom is 0.295 e. The van der Waals surface area contributed by atoms with Crippen molar-refractivity contribution in [2.45, 2.75) is 18.0 Å². The Morgan fingerprint density at radius 3 is 2.02 bits per heavy atom. The summed E-state index contributed by atoms with van der Waals surface area (Å²) >= 11 is 11.8. The van der Waals surface area contributed by atoms with Gasteiger partial charge in [-0.25, -0.2) is 0 Å². The standard InChI is InChI=1S/C18H16ClN5O2S.C10H10N4OS/c19-13-8-4-5-9-14(13)21-16(25)11-27-18-23-22-15(17(26)24(18)20)10-12-6-2-1-3-7-12;11-14-9(15)8(12-13-10(14)16)6-7-4-2-1-3-5-7/h1-9H,10-11,20H2,(H,21,25);1-5H,6,11H2,(H,13,16). The summed E-state index contributed by atoms with van der Waals surface area (Å²) in [5.41, 5.74) is 2.23. The normalized spacial score (nSPS) is 10.4. The number of carbonyl (C=O) groups is 1. The van der Waals surface area contributed by atoms with Crippen LogP contribution in [0.1, 0.15) is 22.5 Å². The quantitative estimate of drug-likeness (QED) is 0.112. The molecule has 0 aliphatic rings. The van der Waals surface area contributed by atoms with Gasteiger partial charge in [-0.15, -0.1) is 10.2 Å². The fourth-order valence-corrected chi connectivity index (χ4v) is 4.61. The van der Waals surface area contributed by atoms with Crippen molar-refractivity contribution in [2.75, 3.05) is 22.8 Å². The van der Waals surface area contributed by atoms with E-state index in [-0.39, 0.29) is 32.8 Å². The van der Waals surface area contributed by atoms with E-state index in [1.54, 1.807) is 24.3 Å². The second-order valence-corrected chi connectivity index (χ2v) is 10.6. The van der Waals surface area contributed by atoms with E-state index >= 15 is 0 Å². The Kier molecular flexibility index (Phi) is 10.8. The Morgan fingerprint density at radius 2 is 1.40 bits per heavy atom. The molecule has 0 radical (unpaired) electrons. The zero-order valence-corrected chi connectivity index (χ0v) is 24.9. The molecule has 1 amide bonds. The van der Waals surface area contributed by atoms with Gasteiger partial charge in [-0.1, -0.05) is 96.2 Å². The van der Waals surface area contributed by atoms with Crippen LogP contribution in [0.2, 0.25) is 5.02 Å². The first kappa shape index (κ1) is 31.2. The maximum absolute atomic E-state index is 12.4. The number of nitrogens with one attached hydrogen (secondary N) is 2. The van der Waals surface area contributed by atoms with Gasteiger partial charge in [0.1, 0.15) is 11.4 Å². The minimum Gasteiger partial charge on any atom is -0.334 e. The van der Waals surface area contributed by atoms with Crippen LogP contribution in [0, 0.1) is 4.77 Å². The highest BCUT2D eigenvalue weighted by molar-refractivity contribution is 7.99. The maximum atomic E-state index is 12.4. The molecule has 0 saturated carbocycles. The van der Waals surface area contributed by atoms with Gasteiger partial charge in [0.05, 0.1) is 16.5 Å². The summed E-state index contributed by atoms with van der Waals surface area (Å²) in [6, 6.07) is 25.9. The molecule has 5 rings (SSSR count). The van der Waals surface area contributed by atoms with Gasteiger partial charge in [0, 0.05) is 12.8 Å². The van der Waals surface area contributed by atoms with E-state index in [0.29, 0.717) is 29.2 Å². The molecule has 2 aromatic heterocycles. The van der Waals surface area contributed by atoms with Crippen molar-refractivity contribution in [3.8, 4) is 0 Å². The number of H-pyrrole nitrogens is 1. The van der Waals surface area contributed by atoms with E-state index in [4.69, 9.17) is 35.5 Å². The van der Waals surface area contributed by atoms with Crippen LogP contribution in [0.5, 0.6) is 0 Å². The van der Waals surface area contributed by atoms with Crippen molar-refractivity contribution in [1.29, 1.82) is 0 Å². The number of hydrogen-bond donors (Lipinski definition) is 4. The first-order valence-corrected chi connectivity index (χ1v) is 14.4. The van der Waals surface area contributed by atoms with Crippen LogP contribution in [-0.2, 0) is 17.6 Å². The summed E-state index contributed by atoms with van der Waals surface area (Å²) < 4.78 is 1.92. The topological polar surface area (TPSA) is 180 Å². The SMILES string of the molecule is Nn1c(=S)[nH]nc(Cc2ccccc2)c1=O.Nn1c(SCC(=O)Nc2ccccc2Cl)nnc(Cc2ccccc2)c1=O. The summed E-state index contributed by atoms with van der Waals surface area (Å²) in [5, 5.41) is 17.7. The summed E-state index contributed by atoms with van der Waals surface area (Å²) in [7, 11) is 0. The number of para-hydroxylation sites is 1. The Bertz CT molecular complexity index is 1880. The van der Waals surface area contributed by atoms with E-state index in [2.05, 4.69) is 25.7 Å². The minimum atomic E-state index is -0.442. The molecule has 6 N–H and O–H groups in total. The second kappa shape index (κ2) is 14.9. The molecule has 0 aliphatic heterocycles. The summed E-state index contributed by atoms with van der Waals surface area (Å²) in [4.78, 5) is 36.1. The Labute approximate surface area is 259 Å². The highest BCUT2D eigenvalue weighted by Gasteiger charge is 2.14. The van der Waals surface area contributed by atoms with Crippen LogP contribution in [-0.4, -0.2) is 41.4 Å². The molecular formula is C28H26ClN9O3S2. The number of aromatic nitrogens is 6. The van der Waals surface area contributed by atoms with Crippen molar-refractivity contribution >= 4 is 47.2 Å². The number of rotatable bonds is 8. The Morgan fingerprint density at radius 1 is 0.837 bits per heavy atom. The third kappa shape index (κ3) is 8.61. The van der Waals surface area contributed by atoms with Gasteiger partial charge >= 0.3 is 0 Å². The number of halogens is 1. The van der Waals surface area contributed by atoms with E-state index in [1.165, 1.54) is 0 Å². The molecule has 5 aromatic rings. The average molecular weight is 636 g/mol. The lowest BCUT2D eigenvalue weighted by atomic mass is 10.1. The molecule has 15 heteroatoms. The molecule has 220 valence electrons. The zero-order chi connectivity index (χ0) is 30.8. The van der Waals surface area contributed by atoms with Gasteiger partial charge in [0.25, 0.3) is 11.1 Å². The second-order valence-electron chi connectivity index (χ2n) is 8.90. The van der Waals surface area contributed by atoms with Gasteiger partial charge in [-0.3, -0.25) is 19.5 Å². The predicted molar refractivity (Wildman–Crippen MR) is 170 cm³/mol. The van der Waals surface area contributed by atoms with Crippen molar-refractivity contribution in [3.63, 3.8) is 0 Å². The van der Waals surface area contributed by atoms with Crippen molar-refractivity contribution in [2.24, 2.45) is 0 Å². The molecule has 43 heavy (non-hydrogen) atoms. The molecule has 0 atom stereocenters. The minimum absolute atomic E-state index is 0.00851. The molecule has 0 unspecified atom stereocenters. The zero-order valence-electron chi connectivity index (χ0n) is 22.5. The van der Waals surface area contributed by atoms with E-state index in [0.717, 1.165) is 32.2 Å². The van der Waals surface area contributed by atoms with Crippen LogP contribution in [0.25, 0.3) is 0 Å². The fourth-order valence-electron chi connectivity index (χ4n) is 3.65. The van der Waals surface area contributed by atoms with E-state index in [9.17, 15) is 14.4 Å². The number of hydrogen-bond acceptors (Lipinski definition) is 10. The fraction of sp³-hybridized carbons (Fsp3) is 0.107. The molecule has 2 heterocycles. The summed E-state index contributed by atoms with van der Waals surface area (Å²) in [6.45, 7) is 0. The third-order valence-corrected chi connectivity index (χ3v) is 7.37. The van der Waals surface area contributed by atoms with Gasteiger partial charge in [0.15, 0.2) is 0 Å². The third-order valence-electron chi connectivity index (χ3n) is 5.81. The van der Waals surface area contributed by atoms with Crippen molar-refractivity contribution < 1.29 is 4.79 Å². The largest absolute Gasteiger partial charge is 0.334 e. The average Bonchev–Trinajstić information content (AvgIpc) is 3.02. The van der Waals surface area contributed by atoms with Gasteiger partial charge in [-0.2, -0.15) is 14.5 Å². The highest BCUT2D eigenvalue weighted by atomic mass is 35.5. The molecule has 0 saturated heterocycles. The van der Waals surface area contributed by atoms with Crippen LogP contribution >= 0.6 is 35.6 Å².